The van der Waals surface area contributed by atoms with Gasteiger partial charge in [0.1, 0.15) is 29.0 Å². The van der Waals surface area contributed by atoms with Gasteiger partial charge >= 0.3 is 5.97 Å². The molecule has 152 valence electrons. The molecular formula is C18H19N5O4S2. The lowest BCUT2D eigenvalue weighted by Gasteiger charge is -2.49. The fraction of sp³-hybridized carbons (Fsp3) is 0.222. The molecule has 0 aromatic heterocycles. The Bertz CT molecular complexity index is 918. The number of carbonyl (C=O) groups excluding carboxylic acids is 2. The molecule has 0 aliphatic carbocycles. The number of hydrogen-bond donors (Lipinski definition) is 5. The minimum Gasteiger partial charge on any atom is -0.477 e. The highest BCUT2D eigenvalue weighted by Crippen LogP contribution is 2.43. The van der Waals surface area contributed by atoms with Gasteiger partial charge in [0, 0.05) is 10.7 Å². The highest BCUT2D eigenvalue weighted by atomic mass is 32.2. The Morgan fingerprint density at radius 2 is 2.07 bits per heavy atom. The van der Waals surface area contributed by atoms with E-state index in [0.29, 0.717) is 16.2 Å². The number of β-lactam (4-membered cyclic amide) rings is 1. The molecular weight excluding hydrogens is 414 g/mol. The van der Waals surface area contributed by atoms with Crippen LogP contribution in [0.25, 0.3) is 0 Å². The minimum absolute atomic E-state index is 0.116. The molecule has 11 heteroatoms. The molecule has 2 heterocycles. The minimum atomic E-state index is -1.23. The molecule has 0 saturated carbocycles. The maximum atomic E-state index is 12.6. The molecule has 1 fully saturated rings. The predicted octanol–water partition coefficient (Wildman–Crippen LogP) is 0.565. The van der Waals surface area contributed by atoms with Gasteiger partial charge in [-0.05, 0) is 17.0 Å². The number of hydrogen-bond acceptors (Lipinski definition) is 7. The highest BCUT2D eigenvalue weighted by molar-refractivity contribution is 8.08. The van der Waals surface area contributed by atoms with Gasteiger partial charge in [0.15, 0.2) is 0 Å². The van der Waals surface area contributed by atoms with Crippen molar-refractivity contribution in [3.8, 4) is 0 Å². The van der Waals surface area contributed by atoms with Crippen molar-refractivity contribution >= 4 is 47.1 Å². The van der Waals surface area contributed by atoms with Crippen molar-refractivity contribution in [2.45, 2.75) is 17.5 Å². The zero-order valence-electron chi connectivity index (χ0n) is 15.1. The second-order valence-corrected chi connectivity index (χ2v) is 8.34. The first-order valence-corrected chi connectivity index (χ1v) is 10.4. The van der Waals surface area contributed by atoms with Crippen molar-refractivity contribution in [3.05, 3.63) is 58.0 Å². The van der Waals surface area contributed by atoms with Gasteiger partial charge < -0.3 is 21.9 Å². The molecule has 3 atom stereocenters. The fourth-order valence-corrected chi connectivity index (χ4v) is 5.27. The van der Waals surface area contributed by atoms with Crippen LogP contribution in [-0.4, -0.2) is 50.8 Å². The molecule has 29 heavy (non-hydrogen) atoms. The number of thioether (sulfide) groups is 2. The standard InChI is InChI=1S/C18H19N5O4S2/c19-11(20)6-7-28-10-8-29-17-13(16(25)23(17)14(10)18(26)27)22-15(24)12(21)9-4-2-1-3-5-9/h1-7,12-13,17H,8,21H2,(H3,19,20)(H,22,24)(H,26,27)/b7-6+/t12-,13?,17-/m1/s1. The zero-order valence-corrected chi connectivity index (χ0v) is 16.7. The van der Waals surface area contributed by atoms with Crippen LogP contribution in [0.5, 0.6) is 0 Å². The van der Waals surface area contributed by atoms with Gasteiger partial charge in [0.2, 0.25) is 5.91 Å². The van der Waals surface area contributed by atoms with E-state index in [0.717, 1.165) is 11.8 Å². The van der Waals surface area contributed by atoms with Gasteiger partial charge in [-0.2, -0.15) is 0 Å². The quantitative estimate of drug-likeness (QED) is 0.237. The molecule has 2 aliphatic heterocycles. The smallest absolute Gasteiger partial charge is 0.353 e. The Balaban J connectivity index is 1.72. The van der Waals surface area contributed by atoms with Gasteiger partial charge in [-0.25, -0.2) is 4.79 Å². The summed E-state index contributed by atoms with van der Waals surface area (Å²) in [6, 6.07) is 7.01. The van der Waals surface area contributed by atoms with Crippen molar-refractivity contribution in [1.29, 1.82) is 5.41 Å². The first kappa shape index (κ1) is 21.0. The third-order valence-electron chi connectivity index (χ3n) is 4.33. The van der Waals surface area contributed by atoms with Gasteiger partial charge in [0.05, 0.1) is 0 Å². The number of nitrogens with two attached hydrogens (primary N) is 2. The van der Waals surface area contributed by atoms with E-state index in [1.54, 1.807) is 30.3 Å². The number of benzene rings is 1. The number of nitrogens with zero attached hydrogens (tertiary/aromatic N) is 1. The van der Waals surface area contributed by atoms with E-state index in [-0.39, 0.29) is 11.5 Å². The van der Waals surface area contributed by atoms with Crippen LogP contribution in [-0.2, 0) is 14.4 Å². The zero-order chi connectivity index (χ0) is 21.1. The molecule has 0 bridgehead atoms. The summed E-state index contributed by atoms with van der Waals surface area (Å²) < 4.78 is 0. The van der Waals surface area contributed by atoms with Crippen LogP contribution in [0, 0.1) is 5.41 Å². The summed E-state index contributed by atoms with van der Waals surface area (Å²) in [5.41, 5.74) is 11.7. The maximum Gasteiger partial charge on any atom is 0.353 e. The molecule has 1 saturated heterocycles. The lowest BCUT2D eigenvalue weighted by molar-refractivity contribution is -0.150. The summed E-state index contributed by atoms with van der Waals surface area (Å²) >= 11 is 2.45. The number of carbonyl (C=O) groups is 3. The normalized spacial score (nSPS) is 22.1. The largest absolute Gasteiger partial charge is 0.477 e. The van der Waals surface area contributed by atoms with Crippen LogP contribution < -0.4 is 16.8 Å². The van der Waals surface area contributed by atoms with Gasteiger partial charge in [0.25, 0.3) is 5.91 Å². The van der Waals surface area contributed by atoms with E-state index in [2.05, 4.69) is 5.32 Å². The Morgan fingerprint density at radius 3 is 2.69 bits per heavy atom. The SMILES string of the molecule is N=C(N)/C=C/SC1=C(C(=O)O)N2C(=O)C(NC(=O)[C@H](N)c3ccccc3)[C@H]2SC1. The number of nitrogens with one attached hydrogen (secondary N) is 2. The molecule has 3 rings (SSSR count). The van der Waals surface area contributed by atoms with Crippen molar-refractivity contribution in [3.63, 3.8) is 0 Å². The lowest BCUT2D eigenvalue weighted by Crippen LogP contribution is -2.71. The summed E-state index contributed by atoms with van der Waals surface area (Å²) in [5, 5.41) is 20.4. The van der Waals surface area contributed by atoms with Crippen LogP contribution in [0.1, 0.15) is 11.6 Å². The van der Waals surface area contributed by atoms with E-state index < -0.39 is 35.2 Å². The van der Waals surface area contributed by atoms with Crippen molar-refractivity contribution in [2.75, 3.05) is 5.75 Å². The topological polar surface area (TPSA) is 163 Å². The monoisotopic (exact) mass is 433 g/mol. The van der Waals surface area contributed by atoms with Gasteiger partial charge in [-0.1, -0.05) is 42.1 Å². The molecule has 1 aromatic rings. The van der Waals surface area contributed by atoms with Crippen LogP contribution in [0.2, 0.25) is 0 Å². The number of rotatable bonds is 7. The number of carboxylic acids is 1. The molecule has 1 unspecified atom stereocenters. The van der Waals surface area contributed by atoms with Crippen LogP contribution >= 0.6 is 23.5 Å². The van der Waals surface area contributed by atoms with Crippen molar-refractivity contribution in [2.24, 2.45) is 11.5 Å². The second-order valence-electron chi connectivity index (χ2n) is 6.24. The Hall–Kier alpha value is -2.76. The fourth-order valence-electron chi connectivity index (χ4n) is 2.93. The summed E-state index contributed by atoms with van der Waals surface area (Å²) in [7, 11) is 0. The molecule has 1 aromatic carbocycles. The number of amidine groups is 1. The van der Waals surface area contributed by atoms with Crippen LogP contribution in [0.4, 0.5) is 0 Å². The molecule has 7 N–H and O–H groups in total. The summed E-state index contributed by atoms with van der Waals surface area (Å²) in [4.78, 5) is 38.5. The first-order chi connectivity index (χ1) is 13.8. The average Bonchev–Trinajstić information content (AvgIpc) is 2.70. The maximum absolute atomic E-state index is 12.6. The van der Waals surface area contributed by atoms with E-state index >= 15 is 0 Å². The highest BCUT2D eigenvalue weighted by Gasteiger charge is 2.54. The molecule has 0 radical (unpaired) electrons. The second kappa shape index (κ2) is 8.72. The Morgan fingerprint density at radius 1 is 1.38 bits per heavy atom. The Kier molecular flexibility index (Phi) is 6.30. The lowest BCUT2D eigenvalue weighted by atomic mass is 10.0. The summed E-state index contributed by atoms with van der Waals surface area (Å²) in [5.74, 6) is -2.04. The predicted molar refractivity (Wildman–Crippen MR) is 112 cm³/mol. The van der Waals surface area contributed by atoms with Crippen molar-refractivity contribution in [1.82, 2.24) is 10.2 Å². The van der Waals surface area contributed by atoms with Crippen LogP contribution in [0.3, 0.4) is 0 Å². The number of amides is 2. The van der Waals surface area contributed by atoms with Crippen molar-refractivity contribution < 1.29 is 19.5 Å². The Labute approximate surface area is 175 Å². The third-order valence-corrected chi connectivity index (χ3v) is 6.69. The van der Waals surface area contributed by atoms with E-state index in [1.165, 1.54) is 28.1 Å². The van der Waals surface area contributed by atoms with E-state index in [9.17, 15) is 19.5 Å². The first-order valence-electron chi connectivity index (χ1n) is 8.50. The summed E-state index contributed by atoms with van der Waals surface area (Å²) in [6.07, 6.45) is 1.33. The number of fused-ring (bicyclic) bond motifs is 1. The third kappa shape index (κ3) is 4.31. The molecule has 0 spiro atoms. The number of carboxylic acid groups (broad SMARTS) is 1. The van der Waals surface area contributed by atoms with Crippen LogP contribution in [0.15, 0.2) is 52.4 Å². The summed E-state index contributed by atoms with van der Waals surface area (Å²) in [6.45, 7) is 0. The van der Waals surface area contributed by atoms with E-state index in [1.807, 2.05) is 0 Å². The average molecular weight is 434 g/mol. The molecule has 9 nitrogen and oxygen atoms in total. The van der Waals surface area contributed by atoms with Gasteiger partial charge in [-0.15, -0.1) is 11.8 Å². The molecule has 2 amide bonds. The molecule has 2 aliphatic rings. The van der Waals surface area contributed by atoms with E-state index in [4.69, 9.17) is 16.9 Å². The number of aliphatic carboxylic acids is 1. The van der Waals surface area contributed by atoms with Gasteiger partial charge in [-0.3, -0.25) is 19.9 Å².